The van der Waals surface area contributed by atoms with E-state index >= 15 is 0 Å². The second-order valence-electron chi connectivity index (χ2n) is 4.23. The van der Waals surface area contributed by atoms with Crippen LogP contribution in [0.5, 0.6) is 5.75 Å². The molecule has 0 amide bonds. The van der Waals surface area contributed by atoms with Crippen molar-refractivity contribution in [3.05, 3.63) is 54.5 Å². The van der Waals surface area contributed by atoms with Crippen LogP contribution >= 0.6 is 0 Å². The molecule has 0 fully saturated rings. The fraction of sp³-hybridized carbons (Fsp3) is 0.0667. The van der Waals surface area contributed by atoms with Gasteiger partial charge in [-0.2, -0.15) is 0 Å². The average molecular weight is 272 g/mol. The van der Waals surface area contributed by atoms with E-state index in [1.54, 1.807) is 0 Å². The minimum Gasteiger partial charge on any atom is -0.494 e. The van der Waals surface area contributed by atoms with Crippen molar-refractivity contribution < 1.29 is 13.5 Å². The van der Waals surface area contributed by atoms with Crippen molar-refractivity contribution in [2.75, 3.05) is 7.11 Å². The van der Waals surface area contributed by atoms with Gasteiger partial charge in [-0.15, -0.1) is 0 Å². The number of nitrogens with zero attached hydrogens (tertiary/aromatic N) is 2. The summed E-state index contributed by atoms with van der Waals surface area (Å²) >= 11 is 0. The topological polar surface area (TPSA) is 35.0 Å². The minimum absolute atomic E-state index is 0.335. The molecule has 100 valence electrons. The second kappa shape index (κ2) is 4.85. The summed E-state index contributed by atoms with van der Waals surface area (Å²) in [6.45, 7) is 0. The molecule has 0 unspecified atom stereocenters. The Balaban J connectivity index is 2.35. The van der Waals surface area contributed by atoms with Gasteiger partial charge in [0, 0.05) is 23.2 Å². The van der Waals surface area contributed by atoms with Crippen LogP contribution in [0.2, 0.25) is 0 Å². The van der Waals surface area contributed by atoms with E-state index in [1.807, 2.05) is 0 Å². The number of hydrogen-bond donors (Lipinski definition) is 0. The van der Waals surface area contributed by atoms with Crippen molar-refractivity contribution in [2.45, 2.75) is 0 Å². The first-order valence-electron chi connectivity index (χ1n) is 5.93. The third-order valence-corrected chi connectivity index (χ3v) is 3.06. The molecule has 0 spiro atoms. The van der Waals surface area contributed by atoms with Crippen LogP contribution in [-0.2, 0) is 0 Å². The molecule has 0 bridgehead atoms. The lowest BCUT2D eigenvalue weighted by Gasteiger charge is -2.11. The Morgan fingerprint density at radius 1 is 1.10 bits per heavy atom. The molecule has 0 atom stereocenters. The Morgan fingerprint density at radius 3 is 2.55 bits per heavy atom. The van der Waals surface area contributed by atoms with E-state index in [2.05, 4.69) is 9.97 Å². The van der Waals surface area contributed by atoms with Crippen LogP contribution < -0.4 is 4.74 Å². The van der Waals surface area contributed by atoms with Crippen molar-refractivity contribution in [2.24, 2.45) is 0 Å². The third-order valence-electron chi connectivity index (χ3n) is 3.06. The van der Waals surface area contributed by atoms with E-state index in [0.717, 1.165) is 0 Å². The van der Waals surface area contributed by atoms with Crippen LogP contribution in [0.25, 0.3) is 22.0 Å². The molecule has 0 aliphatic rings. The number of hydrogen-bond acceptors (Lipinski definition) is 3. The molecule has 3 rings (SSSR count). The molecule has 3 aromatic rings. The van der Waals surface area contributed by atoms with Crippen molar-refractivity contribution in [1.29, 1.82) is 0 Å². The number of benzene rings is 2. The first kappa shape index (κ1) is 12.5. The first-order valence-corrected chi connectivity index (χ1v) is 5.93. The molecule has 1 heterocycles. The van der Waals surface area contributed by atoms with Gasteiger partial charge in [-0.05, 0) is 17.7 Å². The van der Waals surface area contributed by atoms with Gasteiger partial charge in [-0.1, -0.05) is 12.1 Å². The van der Waals surface area contributed by atoms with E-state index in [9.17, 15) is 8.78 Å². The smallest absolute Gasteiger partial charge is 0.148 e. The summed E-state index contributed by atoms with van der Waals surface area (Å²) in [5.74, 6) is -0.496. The lowest BCUT2D eigenvalue weighted by atomic mass is 10.0. The average Bonchev–Trinajstić information content (AvgIpc) is 2.48. The fourth-order valence-corrected chi connectivity index (χ4v) is 2.16. The van der Waals surface area contributed by atoms with Crippen LogP contribution in [0.3, 0.4) is 0 Å². The van der Waals surface area contributed by atoms with Crippen LogP contribution in [0.1, 0.15) is 0 Å². The quantitative estimate of drug-likeness (QED) is 0.715. The van der Waals surface area contributed by atoms with Gasteiger partial charge >= 0.3 is 0 Å². The van der Waals surface area contributed by atoms with Crippen molar-refractivity contribution >= 4 is 10.9 Å². The monoisotopic (exact) mass is 272 g/mol. The molecule has 5 heteroatoms. The largest absolute Gasteiger partial charge is 0.494 e. The van der Waals surface area contributed by atoms with Crippen LogP contribution in [0, 0.1) is 11.6 Å². The van der Waals surface area contributed by atoms with Gasteiger partial charge in [-0.25, -0.2) is 18.7 Å². The van der Waals surface area contributed by atoms with Crippen molar-refractivity contribution in [1.82, 2.24) is 9.97 Å². The molecule has 3 nitrogen and oxygen atoms in total. The third kappa shape index (κ3) is 1.97. The minimum atomic E-state index is -0.462. The number of rotatable bonds is 2. The van der Waals surface area contributed by atoms with Gasteiger partial charge < -0.3 is 4.74 Å². The molecule has 20 heavy (non-hydrogen) atoms. The zero-order valence-electron chi connectivity index (χ0n) is 10.6. The van der Waals surface area contributed by atoms with Crippen LogP contribution in [0.4, 0.5) is 8.78 Å². The summed E-state index contributed by atoms with van der Waals surface area (Å²) in [4.78, 5) is 8.05. The Hall–Kier alpha value is -2.56. The Kier molecular flexibility index (Phi) is 3.02. The Labute approximate surface area is 113 Å². The van der Waals surface area contributed by atoms with Gasteiger partial charge in [0.25, 0.3) is 0 Å². The maximum Gasteiger partial charge on any atom is 0.148 e. The highest BCUT2D eigenvalue weighted by Gasteiger charge is 2.15. The predicted molar refractivity (Wildman–Crippen MR) is 71.4 cm³/mol. The van der Waals surface area contributed by atoms with Gasteiger partial charge in [0.15, 0.2) is 0 Å². The summed E-state index contributed by atoms with van der Waals surface area (Å²) in [6, 6.07) is 6.89. The number of ether oxygens (including phenoxy) is 1. The van der Waals surface area contributed by atoms with Gasteiger partial charge in [-0.3, -0.25) is 0 Å². The molecule has 1 aromatic heterocycles. The Bertz CT molecular complexity index is 773. The molecule has 0 saturated carbocycles. The number of aromatic nitrogens is 2. The van der Waals surface area contributed by atoms with E-state index in [1.165, 1.54) is 50.0 Å². The zero-order chi connectivity index (χ0) is 14.1. The van der Waals surface area contributed by atoms with Gasteiger partial charge in [0.2, 0.25) is 0 Å². The maximum atomic E-state index is 14.3. The van der Waals surface area contributed by atoms with E-state index in [-0.39, 0.29) is 5.82 Å². The summed E-state index contributed by atoms with van der Waals surface area (Å²) in [6.07, 6.45) is 2.89. The normalized spacial score (nSPS) is 10.8. The summed E-state index contributed by atoms with van der Waals surface area (Å²) < 4.78 is 32.4. The molecule has 0 radical (unpaired) electrons. The molecular formula is C15H10F2N2O. The predicted octanol–water partition coefficient (Wildman–Crippen LogP) is 3.58. The molecule has 0 aliphatic carbocycles. The molecule has 0 saturated heterocycles. The maximum absolute atomic E-state index is 14.3. The molecule has 0 N–H and O–H groups in total. The van der Waals surface area contributed by atoms with Crippen LogP contribution in [0.15, 0.2) is 42.9 Å². The summed E-state index contributed by atoms with van der Waals surface area (Å²) in [7, 11) is 1.45. The van der Waals surface area contributed by atoms with Crippen molar-refractivity contribution in [3.8, 4) is 16.9 Å². The molecule has 0 aliphatic heterocycles. The summed E-state index contributed by atoms with van der Waals surface area (Å²) in [5.41, 5.74) is 1.41. The molecule has 2 aromatic carbocycles. The van der Waals surface area contributed by atoms with Gasteiger partial charge in [0.05, 0.1) is 7.11 Å². The van der Waals surface area contributed by atoms with Crippen LogP contribution in [-0.4, -0.2) is 17.1 Å². The number of methoxy groups -OCH3 is 1. The first-order chi connectivity index (χ1) is 9.70. The lowest BCUT2D eigenvalue weighted by molar-refractivity contribution is 0.415. The van der Waals surface area contributed by atoms with E-state index in [4.69, 9.17) is 4.74 Å². The SMILES string of the molecule is COc1cc(F)c(-c2ccc(F)cc2)c2cncnc12. The highest BCUT2D eigenvalue weighted by Crippen LogP contribution is 2.35. The second-order valence-corrected chi connectivity index (χ2v) is 4.23. The molecular weight excluding hydrogens is 262 g/mol. The van der Waals surface area contributed by atoms with Gasteiger partial charge in [0.1, 0.15) is 29.2 Å². The highest BCUT2D eigenvalue weighted by molar-refractivity contribution is 5.97. The number of halogens is 2. The Morgan fingerprint density at radius 2 is 1.85 bits per heavy atom. The van der Waals surface area contributed by atoms with E-state index in [0.29, 0.717) is 27.8 Å². The van der Waals surface area contributed by atoms with E-state index < -0.39 is 5.82 Å². The summed E-state index contributed by atoms with van der Waals surface area (Å²) in [5, 5.41) is 0.524. The van der Waals surface area contributed by atoms with Crippen molar-refractivity contribution in [3.63, 3.8) is 0 Å². The standard InChI is InChI=1S/C15H10F2N2O/c1-20-13-6-12(17)14(9-2-4-10(16)5-3-9)11-7-18-8-19-15(11)13/h2-8H,1H3. The number of fused-ring (bicyclic) bond motifs is 1. The lowest BCUT2D eigenvalue weighted by Crippen LogP contribution is -1.94. The zero-order valence-corrected chi connectivity index (χ0v) is 10.6. The highest BCUT2D eigenvalue weighted by atomic mass is 19.1. The fourth-order valence-electron chi connectivity index (χ4n) is 2.16.